The summed E-state index contributed by atoms with van der Waals surface area (Å²) in [5.74, 6) is -0.0471. The van der Waals surface area contributed by atoms with Gasteiger partial charge in [0, 0.05) is 12.5 Å². The molecule has 0 fully saturated rings. The Morgan fingerprint density at radius 2 is 2.30 bits per heavy atom. The zero-order valence-electron chi connectivity index (χ0n) is 10.7. The van der Waals surface area contributed by atoms with Gasteiger partial charge in [-0.25, -0.2) is 4.98 Å². The van der Waals surface area contributed by atoms with E-state index < -0.39 is 0 Å². The summed E-state index contributed by atoms with van der Waals surface area (Å²) in [5.41, 5.74) is 6.60. The van der Waals surface area contributed by atoms with E-state index in [9.17, 15) is 15.0 Å². The van der Waals surface area contributed by atoms with Crippen LogP contribution in [0.3, 0.4) is 0 Å². The first-order valence-corrected chi connectivity index (χ1v) is 6.28. The number of rotatable bonds is 3. The van der Waals surface area contributed by atoms with Crippen LogP contribution in [0.15, 0.2) is 22.8 Å². The van der Waals surface area contributed by atoms with Gasteiger partial charge in [0.2, 0.25) is 5.95 Å². The standard InChI is InChI=1S/C12H15N5O3/c13-12-15-10-9(11(20)16-12)14-5-17(10)8-1-6(3-18)7(2-8)4-19/h1,5,7-8,18-19H,2-4H2,(H3,13,15,16,20)/t7-,8+/m1/s1. The Bertz CT molecular complexity index is 732. The number of fused-ring (bicyclic) bond motifs is 1. The van der Waals surface area contributed by atoms with Gasteiger partial charge in [0.1, 0.15) is 0 Å². The Kier molecular flexibility index (Phi) is 3.03. The molecule has 0 unspecified atom stereocenters. The van der Waals surface area contributed by atoms with Crippen LogP contribution < -0.4 is 11.3 Å². The van der Waals surface area contributed by atoms with E-state index in [0.717, 1.165) is 5.57 Å². The lowest BCUT2D eigenvalue weighted by molar-refractivity contribution is 0.223. The van der Waals surface area contributed by atoms with Gasteiger partial charge in [-0.3, -0.25) is 9.78 Å². The Balaban J connectivity index is 2.08. The summed E-state index contributed by atoms with van der Waals surface area (Å²) >= 11 is 0. The number of nitrogen functional groups attached to an aromatic ring is 1. The lowest BCUT2D eigenvalue weighted by atomic mass is 10.0. The highest BCUT2D eigenvalue weighted by atomic mass is 16.3. The third-order valence-corrected chi connectivity index (χ3v) is 3.67. The Morgan fingerprint density at radius 3 is 2.95 bits per heavy atom. The number of hydrogen-bond donors (Lipinski definition) is 4. The van der Waals surface area contributed by atoms with Crippen LogP contribution in [0.1, 0.15) is 12.5 Å². The van der Waals surface area contributed by atoms with Crippen molar-refractivity contribution in [2.75, 3.05) is 18.9 Å². The van der Waals surface area contributed by atoms with Crippen molar-refractivity contribution in [2.24, 2.45) is 5.92 Å². The number of aromatic amines is 1. The average molecular weight is 277 g/mol. The van der Waals surface area contributed by atoms with Crippen LogP contribution in [0.25, 0.3) is 11.2 Å². The number of aromatic nitrogens is 4. The molecule has 5 N–H and O–H groups in total. The summed E-state index contributed by atoms with van der Waals surface area (Å²) in [6, 6.07) is -0.104. The zero-order chi connectivity index (χ0) is 14.3. The van der Waals surface area contributed by atoms with Gasteiger partial charge in [0.15, 0.2) is 11.2 Å². The van der Waals surface area contributed by atoms with Crippen LogP contribution in [-0.4, -0.2) is 42.9 Å². The summed E-state index contributed by atoms with van der Waals surface area (Å²) in [6.07, 6.45) is 4.04. The van der Waals surface area contributed by atoms with Crippen molar-refractivity contribution < 1.29 is 10.2 Å². The maximum absolute atomic E-state index is 11.7. The van der Waals surface area contributed by atoms with E-state index in [1.54, 1.807) is 4.57 Å². The highest BCUT2D eigenvalue weighted by Gasteiger charge is 2.28. The molecule has 1 aliphatic rings. The lowest BCUT2D eigenvalue weighted by Gasteiger charge is -2.13. The molecule has 8 heteroatoms. The summed E-state index contributed by atoms with van der Waals surface area (Å²) in [4.78, 5) is 22.3. The van der Waals surface area contributed by atoms with E-state index in [1.165, 1.54) is 6.33 Å². The van der Waals surface area contributed by atoms with Crippen molar-refractivity contribution in [2.45, 2.75) is 12.5 Å². The van der Waals surface area contributed by atoms with Gasteiger partial charge in [0.05, 0.1) is 19.0 Å². The first-order valence-electron chi connectivity index (χ1n) is 6.28. The van der Waals surface area contributed by atoms with Gasteiger partial charge in [-0.15, -0.1) is 0 Å². The maximum Gasteiger partial charge on any atom is 0.280 e. The molecule has 0 saturated carbocycles. The smallest absolute Gasteiger partial charge is 0.280 e. The van der Waals surface area contributed by atoms with Gasteiger partial charge < -0.3 is 20.5 Å². The molecule has 0 radical (unpaired) electrons. The van der Waals surface area contributed by atoms with Crippen LogP contribution in [0, 0.1) is 5.92 Å². The van der Waals surface area contributed by atoms with Gasteiger partial charge in [-0.1, -0.05) is 6.08 Å². The lowest BCUT2D eigenvalue weighted by Crippen LogP contribution is -2.14. The second-order valence-corrected chi connectivity index (χ2v) is 4.86. The number of hydrogen-bond acceptors (Lipinski definition) is 6. The molecule has 2 heterocycles. The molecule has 3 rings (SSSR count). The molecule has 0 spiro atoms. The maximum atomic E-state index is 11.7. The topological polar surface area (TPSA) is 130 Å². The molecular formula is C12H15N5O3. The Morgan fingerprint density at radius 1 is 1.50 bits per heavy atom. The summed E-state index contributed by atoms with van der Waals surface area (Å²) in [7, 11) is 0. The molecule has 0 saturated heterocycles. The normalized spacial score (nSPS) is 22.4. The fraction of sp³-hybridized carbons (Fsp3) is 0.417. The quantitative estimate of drug-likeness (QED) is 0.542. The molecule has 2 aromatic rings. The molecular weight excluding hydrogens is 262 g/mol. The predicted molar refractivity (Wildman–Crippen MR) is 72.0 cm³/mol. The van der Waals surface area contributed by atoms with E-state index in [1.807, 2.05) is 6.08 Å². The Labute approximate surface area is 113 Å². The third kappa shape index (κ3) is 1.89. The van der Waals surface area contributed by atoms with Gasteiger partial charge in [-0.05, 0) is 12.0 Å². The van der Waals surface area contributed by atoms with Gasteiger partial charge in [-0.2, -0.15) is 4.98 Å². The van der Waals surface area contributed by atoms with Gasteiger partial charge in [0.25, 0.3) is 5.56 Å². The van der Waals surface area contributed by atoms with Crippen molar-refractivity contribution >= 4 is 17.1 Å². The average Bonchev–Trinajstić information content (AvgIpc) is 3.01. The summed E-state index contributed by atoms with van der Waals surface area (Å²) < 4.78 is 1.74. The third-order valence-electron chi connectivity index (χ3n) is 3.67. The molecule has 2 aromatic heterocycles. The Hall–Kier alpha value is -2.19. The van der Waals surface area contributed by atoms with Crippen molar-refractivity contribution in [1.29, 1.82) is 0 Å². The summed E-state index contributed by atoms with van der Waals surface area (Å²) in [6.45, 7) is -0.115. The second-order valence-electron chi connectivity index (χ2n) is 4.86. The van der Waals surface area contributed by atoms with E-state index in [-0.39, 0.29) is 42.2 Å². The van der Waals surface area contributed by atoms with E-state index in [2.05, 4.69) is 15.0 Å². The van der Waals surface area contributed by atoms with Crippen LogP contribution in [0.2, 0.25) is 0 Å². The first-order chi connectivity index (χ1) is 9.63. The molecule has 20 heavy (non-hydrogen) atoms. The van der Waals surface area contributed by atoms with Crippen LogP contribution >= 0.6 is 0 Å². The van der Waals surface area contributed by atoms with Crippen LogP contribution in [0.5, 0.6) is 0 Å². The largest absolute Gasteiger partial charge is 0.396 e. The van der Waals surface area contributed by atoms with Crippen LogP contribution in [-0.2, 0) is 0 Å². The van der Waals surface area contributed by atoms with Crippen molar-refractivity contribution in [3.05, 3.63) is 28.3 Å². The molecule has 0 aliphatic heterocycles. The number of nitrogens with one attached hydrogen (secondary N) is 1. The number of anilines is 1. The van der Waals surface area contributed by atoms with Crippen LogP contribution in [0.4, 0.5) is 5.95 Å². The SMILES string of the molecule is Nc1nc2c(ncn2[C@H]2C=C(CO)[C@@H](CO)C2)c(=O)[nH]1. The molecule has 106 valence electrons. The number of nitrogens with zero attached hydrogens (tertiary/aromatic N) is 3. The number of allylic oxidation sites excluding steroid dienone is 1. The molecule has 2 atom stereocenters. The molecule has 0 aromatic carbocycles. The second kappa shape index (κ2) is 4.73. The van der Waals surface area contributed by atoms with E-state index in [4.69, 9.17) is 5.73 Å². The molecule has 0 bridgehead atoms. The van der Waals surface area contributed by atoms with Crippen molar-refractivity contribution in [3.63, 3.8) is 0 Å². The highest BCUT2D eigenvalue weighted by molar-refractivity contribution is 5.70. The number of aliphatic hydroxyl groups excluding tert-OH is 2. The number of nitrogens with two attached hydrogens (primary N) is 1. The highest BCUT2D eigenvalue weighted by Crippen LogP contribution is 2.34. The minimum Gasteiger partial charge on any atom is -0.396 e. The molecule has 8 nitrogen and oxygen atoms in total. The number of imidazole rings is 1. The monoisotopic (exact) mass is 277 g/mol. The van der Waals surface area contributed by atoms with Crippen molar-refractivity contribution in [3.8, 4) is 0 Å². The predicted octanol–water partition coefficient (Wildman–Crippen LogP) is -0.826. The molecule has 0 amide bonds. The minimum absolute atomic E-state index is 0.0221. The fourth-order valence-corrected chi connectivity index (χ4v) is 2.65. The molecule has 1 aliphatic carbocycles. The van der Waals surface area contributed by atoms with Crippen molar-refractivity contribution in [1.82, 2.24) is 19.5 Å². The zero-order valence-corrected chi connectivity index (χ0v) is 10.7. The number of aliphatic hydroxyl groups is 2. The summed E-state index contributed by atoms with van der Waals surface area (Å²) in [5, 5.41) is 18.6. The van der Waals surface area contributed by atoms with E-state index in [0.29, 0.717) is 12.1 Å². The first kappa shape index (κ1) is 12.8. The number of H-pyrrole nitrogens is 1. The van der Waals surface area contributed by atoms with Gasteiger partial charge >= 0.3 is 0 Å². The minimum atomic E-state index is -0.380. The fourth-order valence-electron chi connectivity index (χ4n) is 2.65. The van der Waals surface area contributed by atoms with E-state index >= 15 is 0 Å².